The summed E-state index contributed by atoms with van der Waals surface area (Å²) in [4.78, 5) is 21.7. The standard InChI is InChI=1S/C30H26FN7O/c1-17-9-18(11-21(31)10-17)26-28-25(7-8-33-26)35-30(36-28)27-24-13-20(15-34-29(24)38-37-27)19-12-23(16-32-14-19)39-22-5-3-2-4-6-22/h7-16,22H,2-6H2,1H3,(H,35,36)(H,34,37,38). The van der Waals surface area contributed by atoms with Gasteiger partial charge in [0.1, 0.15) is 22.8 Å². The Kier molecular flexibility index (Phi) is 5.76. The number of hydrogen-bond acceptors (Lipinski definition) is 6. The molecule has 0 atom stereocenters. The molecule has 0 radical (unpaired) electrons. The van der Waals surface area contributed by atoms with E-state index in [4.69, 9.17) is 9.72 Å². The van der Waals surface area contributed by atoms with Crippen LogP contribution in [0, 0.1) is 12.7 Å². The first-order chi connectivity index (χ1) is 19.1. The lowest BCUT2D eigenvalue weighted by Crippen LogP contribution is -2.19. The van der Waals surface area contributed by atoms with E-state index in [0.717, 1.165) is 46.2 Å². The molecule has 0 bridgehead atoms. The van der Waals surface area contributed by atoms with E-state index in [1.807, 2.05) is 37.4 Å². The van der Waals surface area contributed by atoms with E-state index < -0.39 is 0 Å². The van der Waals surface area contributed by atoms with Crippen LogP contribution in [0.5, 0.6) is 5.75 Å². The summed E-state index contributed by atoms with van der Waals surface area (Å²) in [7, 11) is 0. The second-order valence-corrected chi connectivity index (χ2v) is 10.1. The Labute approximate surface area is 223 Å². The Hall–Kier alpha value is -4.66. The van der Waals surface area contributed by atoms with Crippen molar-refractivity contribution in [1.29, 1.82) is 0 Å². The number of benzene rings is 1. The van der Waals surface area contributed by atoms with Gasteiger partial charge in [-0.05, 0) is 74.6 Å². The van der Waals surface area contributed by atoms with Gasteiger partial charge in [0.15, 0.2) is 11.5 Å². The fourth-order valence-corrected chi connectivity index (χ4v) is 5.39. The molecule has 39 heavy (non-hydrogen) atoms. The monoisotopic (exact) mass is 519 g/mol. The molecular weight excluding hydrogens is 493 g/mol. The van der Waals surface area contributed by atoms with Crippen molar-refractivity contribution >= 4 is 22.1 Å². The van der Waals surface area contributed by atoms with Gasteiger partial charge in [0.2, 0.25) is 0 Å². The van der Waals surface area contributed by atoms with Gasteiger partial charge < -0.3 is 9.72 Å². The second-order valence-electron chi connectivity index (χ2n) is 10.1. The molecule has 194 valence electrons. The Morgan fingerprint density at radius 2 is 1.77 bits per heavy atom. The summed E-state index contributed by atoms with van der Waals surface area (Å²) in [6, 6.07) is 10.8. The number of nitrogens with one attached hydrogen (secondary N) is 2. The van der Waals surface area contributed by atoms with Crippen molar-refractivity contribution in [2.75, 3.05) is 0 Å². The van der Waals surface area contributed by atoms with Gasteiger partial charge in [-0.2, -0.15) is 5.10 Å². The first-order valence-corrected chi connectivity index (χ1v) is 13.2. The number of aromatic nitrogens is 7. The van der Waals surface area contributed by atoms with E-state index in [2.05, 4.69) is 30.1 Å². The summed E-state index contributed by atoms with van der Waals surface area (Å²) in [5, 5.41) is 8.35. The molecule has 0 unspecified atom stereocenters. The number of aryl methyl sites for hydroxylation is 1. The van der Waals surface area contributed by atoms with Gasteiger partial charge in [-0.15, -0.1) is 0 Å². The highest BCUT2D eigenvalue weighted by molar-refractivity contribution is 5.96. The number of aromatic amines is 2. The highest BCUT2D eigenvalue weighted by Gasteiger charge is 2.18. The molecule has 5 heterocycles. The molecule has 0 amide bonds. The van der Waals surface area contributed by atoms with Crippen LogP contribution < -0.4 is 4.74 Å². The lowest BCUT2D eigenvalue weighted by atomic mass is 9.98. The molecule has 7 rings (SSSR count). The maximum absolute atomic E-state index is 14.1. The van der Waals surface area contributed by atoms with Crippen LogP contribution in [0.25, 0.3) is 56.0 Å². The van der Waals surface area contributed by atoms with Gasteiger partial charge in [-0.3, -0.25) is 15.1 Å². The van der Waals surface area contributed by atoms with Gasteiger partial charge in [0, 0.05) is 35.3 Å². The van der Waals surface area contributed by atoms with Crippen molar-refractivity contribution in [2.45, 2.75) is 45.1 Å². The average molecular weight is 520 g/mol. The summed E-state index contributed by atoms with van der Waals surface area (Å²) in [5.41, 5.74) is 6.65. The van der Waals surface area contributed by atoms with Crippen molar-refractivity contribution in [2.24, 2.45) is 0 Å². The van der Waals surface area contributed by atoms with E-state index in [0.29, 0.717) is 33.9 Å². The molecule has 0 aliphatic heterocycles. The lowest BCUT2D eigenvalue weighted by molar-refractivity contribution is 0.154. The first-order valence-electron chi connectivity index (χ1n) is 13.2. The molecule has 5 aromatic heterocycles. The summed E-state index contributed by atoms with van der Waals surface area (Å²) < 4.78 is 20.4. The molecule has 1 aliphatic carbocycles. The van der Waals surface area contributed by atoms with Crippen molar-refractivity contribution in [3.63, 3.8) is 0 Å². The Balaban J connectivity index is 1.26. The smallest absolute Gasteiger partial charge is 0.159 e. The van der Waals surface area contributed by atoms with E-state index in [9.17, 15) is 4.39 Å². The third-order valence-electron chi connectivity index (χ3n) is 7.26. The quantitative estimate of drug-likeness (QED) is 0.260. The third kappa shape index (κ3) is 4.50. The van der Waals surface area contributed by atoms with Gasteiger partial charge >= 0.3 is 0 Å². The van der Waals surface area contributed by atoms with Crippen LogP contribution in [0.1, 0.15) is 37.7 Å². The fraction of sp³-hybridized carbons (Fsp3) is 0.233. The molecule has 0 saturated heterocycles. The van der Waals surface area contributed by atoms with Gasteiger partial charge in [-0.25, -0.2) is 14.4 Å². The number of imidazole rings is 1. The van der Waals surface area contributed by atoms with Gasteiger partial charge in [0.25, 0.3) is 0 Å². The zero-order chi connectivity index (χ0) is 26.3. The van der Waals surface area contributed by atoms with Crippen LogP contribution in [0.2, 0.25) is 0 Å². The maximum Gasteiger partial charge on any atom is 0.159 e. The summed E-state index contributed by atoms with van der Waals surface area (Å²) >= 11 is 0. The van der Waals surface area contributed by atoms with E-state index >= 15 is 0 Å². The number of rotatable bonds is 5. The summed E-state index contributed by atoms with van der Waals surface area (Å²) in [5.74, 6) is 1.04. The lowest BCUT2D eigenvalue weighted by Gasteiger charge is -2.23. The number of H-pyrrole nitrogens is 2. The molecule has 1 fully saturated rings. The third-order valence-corrected chi connectivity index (χ3v) is 7.26. The molecule has 2 N–H and O–H groups in total. The largest absolute Gasteiger partial charge is 0.489 e. The van der Waals surface area contributed by atoms with Crippen LogP contribution in [0.3, 0.4) is 0 Å². The molecular formula is C30H26FN7O. The Morgan fingerprint density at radius 1 is 0.897 bits per heavy atom. The molecule has 8 nitrogen and oxygen atoms in total. The SMILES string of the molecule is Cc1cc(F)cc(-c2nccc3[nH]c(-c4n[nH]c5ncc(-c6cncc(OC7CCCCC7)c6)cc45)nc23)c1. The molecule has 1 aliphatic rings. The van der Waals surface area contributed by atoms with Crippen molar-refractivity contribution in [3.05, 3.63) is 72.6 Å². The predicted molar refractivity (Wildman–Crippen MR) is 148 cm³/mol. The summed E-state index contributed by atoms with van der Waals surface area (Å²) in [6.45, 7) is 1.86. The highest BCUT2D eigenvalue weighted by atomic mass is 19.1. The zero-order valence-corrected chi connectivity index (χ0v) is 21.4. The van der Waals surface area contributed by atoms with Crippen molar-refractivity contribution in [1.82, 2.24) is 35.1 Å². The Bertz CT molecular complexity index is 1800. The first kappa shape index (κ1) is 23.5. The van der Waals surface area contributed by atoms with E-state index in [-0.39, 0.29) is 11.9 Å². The molecule has 6 aromatic rings. The molecule has 1 aromatic carbocycles. The number of fused-ring (bicyclic) bond motifs is 2. The average Bonchev–Trinajstić information content (AvgIpc) is 3.57. The normalized spacial score (nSPS) is 14.3. The minimum Gasteiger partial charge on any atom is -0.489 e. The van der Waals surface area contributed by atoms with Crippen LogP contribution >= 0.6 is 0 Å². The number of halogens is 1. The van der Waals surface area contributed by atoms with Crippen LogP contribution in [0.4, 0.5) is 4.39 Å². The minimum absolute atomic E-state index is 0.251. The predicted octanol–water partition coefficient (Wildman–Crippen LogP) is 6.78. The minimum atomic E-state index is -0.306. The van der Waals surface area contributed by atoms with E-state index in [1.54, 1.807) is 18.6 Å². The van der Waals surface area contributed by atoms with Crippen LogP contribution in [-0.2, 0) is 0 Å². The number of pyridine rings is 3. The number of nitrogens with zero attached hydrogens (tertiary/aromatic N) is 5. The van der Waals surface area contributed by atoms with E-state index in [1.165, 1.54) is 31.4 Å². The van der Waals surface area contributed by atoms with Crippen LogP contribution in [0.15, 0.2) is 61.2 Å². The van der Waals surface area contributed by atoms with Gasteiger partial charge in [0.05, 0.1) is 28.9 Å². The maximum atomic E-state index is 14.1. The van der Waals surface area contributed by atoms with Gasteiger partial charge in [-0.1, -0.05) is 6.42 Å². The molecule has 1 saturated carbocycles. The Morgan fingerprint density at radius 3 is 2.64 bits per heavy atom. The zero-order valence-electron chi connectivity index (χ0n) is 21.4. The fourth-order valence-electron chi connectivity index (χ4n) is 5.39. The topological polar surface area (TPSA) is 105 Å². The number of hydrogen-bond donors (Lipinski definition) is 2. The molecule has 0 spiro atoms. The second kappa shape index (κ2) is 9.58. The molecule has 9 heteroatoms. The van der Waals surface area contributed by atoms with Crippen LogP contribution in [-0.4, -0.2) is 41.2 Å². The summed E-state index contributed by atoms with van der Waals surface area (Å²) in [6.07, 6.45) is 13.2. The number of ether oxygens (including phenoxy) is 1. The highest BCUT2D eigenvalue weighted by Crippen LogP contribution is 2.33. The van der Waals surface area contributed by atoms with Crippen molar-refractivity contribution < 1.29 is 9.13 Å². The van der Waals surface area contributed by atoms with Crippen molar-refractivity contribution in [3.8, 4) is 39.7 Å².